The summed E-state index contributed by atoms with van der Waals surface area (Å²) in [4.78, 5) is 0. The van der Waals surface area contributed by atoms with E-state index in [0.29, 0.717) is 0 Å². The Morgan fingerprint density at radius 3 is 2.80 bits per heavy atom. The molecule has 1 fully saturated rings. The molecule has 0 bridgehead atoms. The summed E-state index contributed by atoms with van der Waals surface area (Å²) in [6, 6.07) is 5.23. The monoisotopic (exact) mass is 208 g/mol. The topological polar surface area (TPSA) is 20.2 Å². The van der Waals surface area contributed by atoms with Gasteiger partial charge in [-0.1, -0.05) is 19.1 Å². The molecule has 1 saturated carbocycles. The van der Waals surface area contributed by atoms with Crippen molar-refractivity contribution in [1.29, 1.82) is 0 Å². The highest BCUT2D eigenvalue weighted by molar-refractivity contribution is 5.35. The standard InChI is InChI=1S/C13H17FO/c1-9-11(4-3-5-12(9)14)13(2)7-6-10(15)8-13/h3-5,10,15H,6-8H2,1-2H3/t10-,13+/m0/s1. The zero-order chi connectivity index (χ0) is 11.1. The minimum atomic E-state index is -0.224. The predicted molar refractivity (Wildman–Crippen MR) is 58.3 cm³/mol. The summed E-state index contributed by atoms with van der Waals surface area (Å²) in [6.07, 6.45) is 2.29. The lowest BCUT2D eigenvalue weighted by Gasteiger charge is -2.26. The third kappa shape index (κ3) is 1.78. The molecular formula is C13H17FO. The molecule has 0 radical (unpaired) electrons. The van der Waals surface area contributed by atoms with E-state index in [4.69, 9.17) is 0 Å². The molecule has 1 aliphatic rings. The number of benzene rings is 1. The van der Waals surface area contributed by atoms with Crippen molar-refractivity contribution in [3.63, 3.8) is 0 Å². The summed E-state index contributed by atoms with van der Waals surface area (Å²) in [5, 5.41) is 9.59. The van der Waals surface area contributed by atoms with Gasteiger partial charge in [0.15, 0.2) is 0 Å². The summed E-state index contributed by atoms with van der Waals surface area (Å²) in [5.41, 5.74) is 1.74. The van der Waals surface area contributed by atoms with Crippen LogP contribution in [0.25, 0.3) is 0 Å². The van der Waals surface area contributed by atoms with Crippen molar-refractivity contribution in [2.24, 2.45) is 0 Å². The first-order chi connectivity index (χ1) is 7.03. The van der Waals surface area contributed by atoms with Gasteiger partial charge in [-0.05, 0) is 48.8 Å². The molecule has 0 saturated heterocycles. The lowest BCUT2D eigenvalue weighted by molar-refractivity contribution is 0.175. The third-order valence-corrected chi connectivity index (χ3v) is 3.63. The van der Waals surface area contributed by atoms with Gasteiger partial charge in [0, 0.05) is 0 Å². The Hall–Kier alpha value is -0.890. The van der Waals surface area contributed by atoms with Gasteiger partial charge >= 0.3 is 0 Å². The molecule has 1 aliphatic carbocycles. The molecule has 15 heavy (non-hydrogen) atoms. The van der Waals surface area contributed by atoms with Gasteiger partial charge in [0.05, 0.1) is 6.10 Å². The second kappa shape index (κ2) is 3.60. The summed E-state index contributed by atoms with van der Waals surface area (Å²) in [6.45, 7) is 3.94. The summed E-state index contributed by atoms with van der Waals surface area (Å²) < 4.78 is 13.4. The Bertz CT molecular complexity index is 375. The first kappa shape index (κ1) is 10.6. The number of halogens is 1. The van der Waals surface area contributed by atoms with Crippen LogP contribution in [0.1, 0.15) is 37.3 Å². The normalized spacial score (nSPS) is 30.8. The molecule has 0 aliphatic heterocycles. The van der Waals surface area contributed by atoms with Crippen LogP contribution in [0.3, 0.4) is 0 Å². The first-order valence-electron chi connectivity index (χ1n) is 5.46. The average molecular weight is 208 g/mol. The molecule has 1 N–H and O–H groups in total. The molecule has 0 amide bonds. The molecule has 1 aromatic rings. The van der Waals surface area contributed by atoms with Crippen molar-refractivity contribution in [3.8, 4) is 0 Å². The van der Waals surface area contributed by atoms with Gasteiger partial charge in [-0.2, -0.15) is 0 Å². The van der Waals surface area contributed by atoms with Crippen molar-refractivity contribution in [2.45, 2.75) is 44.6 Å². The quantitative estimate of drug-likeness (QED) is 0.752. The van der Waals surface area contributed by atoms with E-state index in [1.165, 1.54) is 6.07 Å². The highest BCUT2D eigenvalue weighted by Gasteiger charge is 2.36. The van der Waals surface area contributed by atoms with Crippen LogP contribution in [0.2, 0.25) is 0 Å². The average Bonchev–Trinajstić information content (AvgIpc) is 2.52. The lowest BCUT2D eigenvalue weighted by atomic mass is 9.78. The number of hydrogen-bond acceptors (Lipinski definition) is 1. The maximum Gasteiger partial charge on any atom is 0.126 e. The van der Waals surface area contributed by atoms with E-state index in [1.807, 2.05) is 13.0 Å². The Labute approximate surface area is 89.9 Å². The molecule has 2 rings (SSSR count). The van der Waals surface area contributed by atoms with Crippen molar-refractivity contribution < 1.29 is 9.50 Å². The largest absolute Gasteiger partial charge is 0.393 e. The Morgan fingerprint density at radius 1 is 1.47 bits per heavy atom. The fourth-order valence-electron chi connectivity index (χ4n) is 2.72. The molecule has 0 aromatic heterocycles. The molecule has 82 valence electrons. The fourth-order valence-corrected chi connectivity index (χ4v) is 2.72. The van der Waals surface area contributed by atoms with E-state index in [1.54, 1.807) is 6.07 Å². The van der Waals surface area contributed by atoms with Crippen LogP contribution in [0.5, 0.6) is 0 Å². The van der Waals surface area contributed by atoms with Gasteiger partial charge in [-0.25, -0.2) is 4.39 Å². The van der Waals surface area contributed by atoms with Crippen LogP contribution < -0.4 is 0 Å². The maximum atomic E-state index is 13.4. The minimum absolute atomic E-state index is 0.0500. The van der Waals surface area contributed by atoms with E-state index in [-0.39, 0.29) is 17.3 Å². The highest BCUT2D eigenvalue weighted by Crippen LogP contribution is 2.42. The number of aliphatic hydroxyl groups excluding tert-OH is 1. The van der Waals surface area contributed by atoms with Gasteiger partial charge in [0.2, 0.25) is 0 Å². The van der Waals surface area contributed by atoms with E-state index >= 15 is 0 Å². The summed E-state index contributed by atoms with van der Waals surface area (Å²) >= 11 is 0. The second-order valence-electron chi connectivity index (χ2n) is 4.87. The molecule has 1 nitrogen and oxygen atoms in total. The molecular weight excluding hydrogens is 191 g/mol. The molecule has 0 unspecified atom stereocenters. The Kier molecular flexibility index (Phi) is 2.55. The van der Waals surface area contributed by atoms with Crippen LogP contribution in [-0.4, -0.2) is 11.2 Å². The van der Waals surface area contributed by atoms with Gasteiger partial charge in [-0.3, -0.25) is 0 Å². The number of aliphatic hydroxyl groups is 1. The SMILES string of the molecule is Cc1c(F)cccc1[C@]1(C)CC[C@H](O)C1. The van der Waals surface area contributed by atoms with Crippen LogP contribution in [0.4, 0.5) is 4.39 Å². The van der Waals surface area contributed by atoms with Crippen molar-refractivity contribution in [1.82, 2.24) is 0 Å². The van der Waals surface area contributed by atoms with E-state index < -0.39 is 0 Å². The number of hydrogen-bond donors (Lipinski definition) is 1. The Balaban J connectivity index is 2.41. The predicted octanol–water partition coefficient (Wildman–Crippen LogP) is 2.94. The van der Waals surface area contributed by atoms with E-state index in [0.717, 1.165) is 30.4 Å². The van der Waals surface area contributed by atoms with Gasteiger partial charge in [-0.15, -0.1) is 0 Å². The highest BCUT2D eigenvalue weighted by atomic mass is 19.1. The van der Waals surface area contributed by atoms with E-state index in [9.17, 15) is 9.50 Å². The first-order valence-corrected chi connectivity index (χ1v) is 5.46. The van der Waals surface area contributed by atoms with Crippen LogP contribution >= 0.6 is 0 Å². The van der Waals surface area contributed by atoms with Crippen molar-refractivity contribution in [3.05, 3.63) is 35.1 Å². The molecule has 0 heterocycles. The third-order valence-electron chi connectivity index (χ3n) is 3.63. The molecule has 1 aromatic carbocycles. The lowest BCUT2D eigenvalue weighted by Crippen LogP contribution is -2.20. The Morgan fingerprint density at radius 2 is 2.20 bits per heavy atom. The molecule has 2 heteroatoms. The molecule has 2 atom stereocenters. The van der Waals surface area contributed by atoms with Gasteiger partial charge in [0.25, 0.3) is 0 Å². The zero-order valence-electron chi connectivity index (χ0n) is 9.26. The van der Waals surface area contributed by atoms with E-state index in [2.05, 4.69) is 6.92 Å². The van der Waals surface area contributed by atoms with Crippen LogP contribution in [0, 0.1) is 12.7 Å². The van der Waals surface area contributed by atoms with Gasteiger partial charge < -0.3 is 5.11 Å². The van der Waals surface area contributed by atoms with Crippen molar-refractivity contribution >= 4 is 0 Å². The van der Waals surface area contributed by atoms with Crippen LogP contribution in [-0.2, 0) is 5.41 Å². The zero-order valence-corrected chi connectivity index (χ0v) is 9.26. The minimum Gasteiger partial charge on any atom is -0.393 e. The molecule has 0 spiro atoms. The summed E-state index contributed by atoms with van der Waals surface area (Å²) in [7, 11) is 0. The fraction of sp³-hybridized carbons (Fsp3) is 0.538. The van der Waals surface area contributed by atoms with Crippen LogP contribution in [0.15, 0.2) is 18.2 Å². The maximum absolute atomic E-state index is 13.4. The summed E-state index contributed by atoms with van der Waals surface area (Å²) in [5.74, 6) is -0.143. The number of rotatable bonds is 1. The van der Waals surface area contributed by atoms with Crippen molar-refractivity contribution in [2.75, 3.05) is 0 Å². The smallest absolute Gasteiger partial charge is 0.126 e. The van der Waals surface area contributed by atoms with Gasteiger partial charge in [0.1, 0.15) is 5.82 Å². The second-order valence-corrected chi connectivity index (χ2v) is 4.87.